The number of hydrogen-bond donors (Lipinski definition) is 1. The number of carbonyl (C=O) groups is 2. The van der Waals surface area contributed by atoms with Crippen LogP contribution in [0.5, 0.6) is 0 Å². The highest BCUT2D eigenvalue weighted by Crippen LogP contribution is 2.33. The van der Waals surface area contributed by atoms with Crippen molar-refractivity contribution >= 4 is 11.9 Å². The molecule has 0 saturated heterocycles. The summed E-state index contributed by atoms with van der Waals surface area (Å²) in [5, 5.41) is 8.54. The largest absolute Gasteiger partial charge is 0.481 e. The predicted octanol–water partition coefficient (Wildman–Crippen LogP) is 1.05. The van der Waals surface area contributed by atoms with E-state index < -0.39 is 5.97 Å². The molecular weight excluding hydrogens is 172 g/mol. The van der Waals surface area contributed by atoms with Crippen LogP contribution in [0.3, 0.4) is 0 Å². The second-order valence-electron chi connectivity index (χ2n) is 3.50. The van der Waals surface area contributed by atoms with E-state index in [1.165, 1.54) is 7.11 Å². The van der Waals surface area contributed by atoms with Gasteiger partial charge < -0.3 is 9.84 Å². The molecule has 0 bridgehead atoms. The maximum absolute atomic E-state index is 11.1. The van der Waals surface area contributed by atoms with Crippen LogP contribution < -0.4 is 0 Å². The predicted molar refractivity (Wildman–Crippen MR) is 45.1 cm³/mol. The van der Waals surface area contributed by atoms with Crippen LogP contribution in [-0.2, 0) is 14.3 Å². The summed E-state index contributed by atoms with van der Waals surface area (Å²) in [6, 6.07) is 0. The normalized spacial score (nSPS) is 27.2. The lowest BCUT2D eigenvalue weighted by molar-refractivity contribution is -0.145. The van der Waals surface area contributed by atoms with Crippen LogP contribution in [0.4, 0.5) is 0 Å². The Morgan fingerprint density at radius 2 is 2.15 bits per heavy atom. The van der Waals surface area contributed by atoms with Crippen molar-refractivity contribution < 1.29 is 19.4 Å². The number of carboxylic acid groups (broad SMARTS) is 1. The molecule has 13 heavy (non-hydrogen) atoms. The van der Waals surface area contributed by atoms with Crippen LogP contribution in [-0.4, -0.2) is 24.2 Å². The summed E-state index contributed by atoms with van der Waals surface area (Å²) in [5.74, 6) is -0.903. The molecule has 1 aliphatic carbocycles. The quantitative estimate of drug-likeness (QED) is 0.669. The Kier molecular flexibility index (Phi) is 3.28. The highest BCUT2D eigenvalue weighted by atomic mass is 16.5. The van der Waals surface area contributed by atoms with E-state index in [9.17, 15) is 9.59 Å². The van der Waals surface area contributed by atoms with Crippen molar-refractivity contribution in [3.63, 3.8) is 0 Å². The molecule has 0 amide bonds. The molecule has 0 aliphatic heterocycles. The molecule has 0 aromatic heterocycles. The second-order valence-corrected chi connectivity index (χ2v) is 3.50. The maximum atomic E-state index is 11.1. The number of methoxy groups -OCH3 is 1. The van der Waals surface area contributed by atoms with E-state index in [-0.39, 0.29) is 24.2 Å². The first-order chi connectivity index (χ1) is 6.13. The second kappa shape index (κ2) is 4.25. The fraction of sp³-hybridized carbons (Fsp3) is 0.778. The van der Waals surface area contributed by atoms with Gasteiger partial charge >= 0.3 is 11.9 Å². The van der Waals surface area contributed by atoms with Gasteiger partial charge in [0.15, 0.2) is 0 Å². The number of hydrogen-bond acceptors (Lipinski definition) is 3. The van der Waals surface area contributed by atoms with Gasteiger partial charge in [0.25, 0.3) is 0 Å². The first kappa shape index (κ1) is 10.0. The van der Waals surface area contributed by atoms with Gasteiger partial charge in [-0.25, -0.2) is 0 Å². The van der Waals surface area contributed by atoms with E-state index in [2.05, 4.69) is 4.74 Å². The summed E-state index contributed by atoms with van der Waals surface area (Å²) in [7, 11) is 1.37. The lowest BCUT2D eigenvalue weighted by Crippen LogP contribution is -2.13. The minimum absolute atomic E-state index is 0.0747. The highest BCUT2D eigenvalue weighted by molar-refractivity contribution is 5.73. The summed E-state index contributed by atoms with van der Waals surface area (Å²) in [4.78, 5) is 21.5. The van der Waals surface area contributed by atoms with Crippen LogP contribution in [0.15, 0.2) is 0 Å². The zero-order valence-corrected chi connectivity index (χ0v) is 7.66. The van der Waals surface area contributed by atoms with Gasteiger partial charge in [0.1, 0.15) is 0 Å². The van der Waals surface area contributed by atoms with Crippen LogP contribution in [0.2, 0.25) is 0 Å². The van der Waals surface area contributed by atoms with Crippen molar-refractivity contribution in [1.29, 1.82) is 0 Å². The molecule has 1 saturated carbocycles. The molecule has 1 aliphatic rings. The van der Waals surface area contributed by atoms with Gasteiger partial charge in [-0.05, 0) is 25.2 Å². The molecule has 74 valence electrons. The van der Waals surface area contributed by atoms with Gasteiger partial charge in [0.2, 0.25) is 0 Å². The van der Waals surface area contributed by atoms with Gasteiger partial charge in [-0.1, -0.05) is 0 Å². The molecule has 0 aromatic rings. The van der Waals surface area contributed by atoms with E-state index >= 15 is 0 Å². The molecule has 4 nitrogen and oxygen atoms in total. The molecule has 0 heterocycles. The lowest BCUT2D eigenvalue weighted by Gasteiger charge is -2.06. The topological polar surface area (TPSA) is 63.6 Å². The third kappa shape index (κ3) is 2.72. The van der Waals surface area contributed by atoms with Crippen molar-refractivity contribution in [1.82, 2.24) is 0 Å². The Hall–Kier alpha value is -1.06. The van der Waals surface area contributed by atoms with Gasteiger partial charge in [-0.2, -0.15) is 0 Å². The smallest absolute Gasteiger partial charge is 0.308 e. The summed E-state index contributed by atoms with van der Waals surface area (Å²) in [5.41, 5.74) is 0. The number of carbonyl (C=O) groups excluding carboxylic acids is 1. The van der Waals surface area contributed by atoms with Gasteiger partial charge in [-0.15, -0.1) is 0 Å². The Labute approximate surface area is 76.9 Å². The third-order valence-electron chi connectivity index (χ3n) is 2.54. The molecule has 0 aromatic carbocycles. The Morgan fingerprint density at radius 1 is 1.46 bits per heavy atom. The van der Waals surface area contributed by atoms with E-state index in [0.717, 1.165) is 12.8 Å². The maximum Gasteiger partial charge on any atom is 0.308 e. The van der Waals surface area contributed by atoms with Crippen molar-refractivity contribution in [2.75, 3.05) is 7.11 Å². The molecule has 1 fully saturated rings. The van der Waals surface area contributed by atoms with Gasteiger partial charge in [0, 0.05) is 6.42 Å². The minimum atomic E-state index is -0.782. The fourth-order valence-electron chi connectivity index (χ4n) is 1.89. The van der Waals surface area contributed by atoms with Crippen molar-refractivity contribution in [3.05, 3.63) is 0 Å². The standard InChI is InChI=1S/C9H14O4/c1-13-9(12)7-3-2-6(4-7)5-8(10)11/h6-7H,2-5H2,1H3,(H,10,11)/t6-,7+/m0/s1. The average Bonchev–Trinajstić information content (AvgIpc) is 2.50. The number of rotatable bonds is 3. The highest BCUT2D eigenvalue weighted by Gasteiger charge is 2.31. The van der Waals surface area contributed by atoms with Crippen molar-refractivity contribution in [3.8, 4) is 0 Å². The van der Waals surface area contributed by atoms with Crippen LogP contribution in [0.25, 0.3) is 0 Å². The summed E-state index contributed by atoms with van der Waals surface area (Å²) < 4.78 is 4.60. The molecule has 4 heteroatoms. The van der Waals surface area contributed by atoms with E-state index in [0.29, 0.717) is 6.42 Å². The SMILES string of the molecule is COC(=O)[C@@H]1CC[C@H](CC(=O)O)C1. The van der Waals surface area contributed by atoms with Crippen LogP contribution in [0, 0.1) is 11.8 Å². The molecular formula is C9H14O4. The molecule has 2 atom stereocenters. The molecule has 1 N–H and O–H groups in total. The third-order valence-corrected chi connectivity index (χ3v) is 2.54. The van der Waals surface area contributed by atoms with Crippen molar-refractivity contribution in [2.45, 2.75) is 25.7 Å². The zero-order valence-electron chi connectivity index (χ0n) is 7.66. The number of ether oxygens (including phenoxy) is 1. The Morgan fingerprint density at radius 3 is 2.69 bits per heavy atom. The monoisotopic (exact) mass is 186 g/mol. The molecule has 0 unspecified atom stereocenters. The molecule has 1 rings (SSSR count). The van der Waals surface area contributed by atoms with Crippen LogP contribution >= 0.6 is 0 Å². The average molecular weight is 186 g/mol. The first-order valence-corrected chi connectivity index (χ1v) is 4.43. The number of esters is 1. The first-order valence-electron chi connectivity index (χ1n) is 4.43. The lowest BCUT2D eigenvalue weighted by atomic mass is 10.0. The van der Waals surface area contributed by atoms with Crippen molar-refractivity contribution in [2.24, 2.45) is 11.8 Å². The minimum Gasteiger partial charge on any atom is -0.481 e. The molecule has 0 spiro atoms. The Balaban J connectivity index is 2.36. The van der Waals surface area contributed by atoms with Gasteiger partial charge in [-0.3, -0.25) is 9.59 Å². The summed E-state index contributed by atoms with van der Waals surface area (Å²) in [6.45, 7) is 0. The number of carboxylic acids is 1. The van der Waals surface area contributed by atoms with E-state index in [1.54, 1.807) is 0 Å². The van der Waals surface area contributed by atoms with E-state index in [4.69, 9.17) is 5.11 Å². The summed E-state index contributed by atoms with van der Waals surface area (Å²) in [6.07, 6.45) is 2.43. The molecule has 0 radical (unpaired) electrons. The van der Waals surface area contributed by atoms with Crippen LogP contribution in [0.1, 0.15) is 25.7 Å². The Bertz CT molecular complexity index is 212. The fourth-order valence-corrected chi connectivity index (χ4v) is 1.89. The van der Waals surface area contributed by atoms with E-state index in [1.807, 2.05) is 0 Å². The van der Waals surface area contributed by atoms with Gasteiger partial charge in [0.05, 0.1) is 13.0 Å². The summed E-state index contributed by atoms with van der Waals surface area (Å²) >= 11 is 0. The zero-order chi connectivity index (χ0) is 9.84. The number of aliphatic carboxylic acids is 1.